The van der Waals surface area contributed by atoms with Crippen LogP contribution < -0.4 is 11.1 Å². The zero-order valence-corrected chi connectivity index (χ0v) is 21.4. The number of fused-ring (bicyclic) bond motifs is 1. The number of anilines is 1. The smallest absolute Gasteiger partial charge is 0.145 e. The van der Waals surface area contributed by atoms with E-state index in [1.54, 1.807) is 12.4 Å². The standard InChI is InChI=1S/C26H31Cl2N5O2/c1-33-16-22(21-12-20(27)13-24(28)23(21)17-33)18-3-2-4-19(11-18)25-14-30-15-26(32-25)31-6-8-35-10-9-34-7-5-29/h2-4,11-15,22H,5-10,16-17,29H2,1H3,(H,31,32)/t22-/m0/s1. The summed E-state index contributed by atoms with van der Waals surface area (Å²) in [6.45, 7) is 5.03. The molecular formula is C26H31Cl2N5O2. The maximum Gasteiger partial charge on any atom is 0.145 e. The number of nitrogens with one attached hydrogen (secondary N) is 1. The van der Waals surface area contributed by atoms with Crippen molar-refractivity contribution >= 4 is 29.0 Å². The minimum Gasteiger partial charge on any atom is -0.378 e. The van der Waals surface area contributed by atoms with E-state index in [-0.39, 0.29) is 5.92 Å². The fraction of sp³-hybridized carbons (Fsp3) is 0.385. The molecule has 0 aliphatic carbocycles. The number of hydrogen-bond donors (Lipinski definition) is 2. The van der Waals surface area contributed by atoms with Gasteiger partial charge >= 0.3 is 0 Å². The molecule has 0 unspecified atom stereocenters. The van der Waals surface area contributed by atoms with Crippen LogP contribution in [-0.2, 0) is 16.0 Å². The molecule has 2 aromatic carbocycles. The lowest BCUT2D eigenvalue weighted by atomic mass is 9.84. The zero-order chi connectivity index (χ0) is 24.6. The largest absolute Gasteiger partial charge is 0.378 e. The Morgan fingerprint density at radius 2 is 1.91 bits per heavy atom. The molecule has 0 amide bonds. The first-order valence-electron chi connectivity index (χ1n) is 11.7. The van der Waals surface area contributed by atoms with E-state index in [0.717, 1.165) is 34.9 Å². The summed E-state index contributed by atoms with van der Waals surface area (Å²) < 4.78 is 10.8. The van der Waals surface area contributed by atoms with E-state index in [2.05, 4.69) is 46.5 Å². The number of rotatable bonds is 11. The Kier molecular flexibility index (Phi) is 9.31. The van der Waals surface area contributed by atoms with Crippen LogP contribution in [0, 0.1) is 0 Å². The van der Waals surface area contributed by atoms with E-state index >= 15 is 0 Å². The van der Waals surface area contributed by atoms with Crippen LogP contribution in [-0.4, -0.2) is 68.0 Å². The predicted octanol–water partition coefficient (Wildman–Crippen LogP) is 4.43. The SMILES string of the molecule is CN1Cc2c(Cl)cc(Cl)cc2[C@H](c2cccc(-c3cncc(NCCOCCOCCN)n3)c2)C1. The number of aromatic nitrogens is 2. The summed E-state index contributed by atoms with van der Waals surface area (Å²) >= 11 is 12.9. The van der Waals surface area contributed by atoms with Crippen LogP contribution in [0.5, 0.6) is 0 Å². The first-order chi connectivity index (χ1) is 17.0. The third-order valence-electron chi connectivity index (χ3n) is 5.90. The maximum atomic E-state index is 6.54. The molecule has 1 aliphatic rings. The highest BCUT2D eigenvalue weighted by Gasteiger charge is 2.27. The van der Waals surface area contributed by atoms with Crippen LogP contribution in [0.2, 0.25) is 10.0 Å². The van der Waals surface area contributed by atoms with Crippen molar-refractivity contribution in [3.05, 3.63) is 75.5 Å². The molecule has 3 aromatic rings. The van der Waals surface area contributed by atoms with Gasteiger partial charge in [0, 0.05) is 47.7 Å². The van der Waals surface area contributed by atoms with Gasteiger partial charge in [0.15, 0.2) is 0 Å². The molecule has 1 aromatic heterocycles. The van der Waals surface area contributed by atoms with Crippen LogP contribution in [0.3, 0.4) is 0 Å². The van der Waals surface area contributed by atoms with Gasteiger partial charge in [0.25, 0.3) is 0 Å². The number of likely N-dealkylation sites (N-methyl/N-ethyl adjacent to an activating group) is 1. The lowest BCUT2D eigenvalue weighted by Crippen LogP contribution is -2.31. The molecule has 35 heavy (non-hydrogen) atoms. The summed E-state index contributed by atoms with van der Waals surface area (Å²) in [5, 5.41) is 4.65. The fourth-order valence-electron chi connectivity index (χ4n) is 4.29. The summed E-state index contributed by atoms with van der Waals surface area (Å²) in [4.78, 5) is 11.4. The Morgan fingerprint density at radius 3 is 2.74 bits per heavy atom. The first kappa shape index (κ1) is 25.8. The van der Waals surface area contributed by atoms with Crippen LogP contribution >= 0.6 is 23.2 Å². The molecule has 1 aliphatic heterocycles. The van der Waals surface area contributed by atoms with Crippen molar-refractivity contribution in [1.82, 2.24) is 14.9 Å². The van der Waals surface area contributed by atoms with Gasteiger partial charge in [-0.1, -0.05) is 41.4 Å². The zero-order valence-electron chi connectivity index (χ0n) is 19.8. The van der Waals surface area contributed by atoms with Crippen molar-refractivity contribution in [2.75, 3.05) is 58.4 Å². The summed E-state index contributed by atoms with van der Waals surface area (Å²) in [5.74, 6) is 0.873. The molecule has 4 rings (SSSR count). The molecule has 9 heteroatoms. The predicted molar refractivity (Wildman–Crippen MR) is 141 cm³/mol. The third-order valence-corrected chi connectivity index (χ3v) is 6.45. The maximum absolute atomic E-state index is 6.54. The van der Waals surface area contributed by atoms with E-state index in [9.17, 15) is 0 Å². The molecule has 0 radical (unpaired) electrons. The highest BCUT2D eigenvalue weighted by atomic mass is 35.5. The molecular weight excluding hydrogens is 485 g/mol. The molecule has 2 heterocycles. The van der Waals surface area contributed by atoms with Gasteiger partial charge in [-0.15, -0.1) is 0 Å². The molecule has 0 saturated carbocycles. The van der Waals surface area contributed by atoms with Crippen molar-refractivity contribution in [2.45, 2.75) is 12.5 Å². The highest BCUT2D eigenvalue weighted by molar-refractivity contribution is 6.35. The topological polar surface area (TPSA) is 85.5 Å². The third kappa shape index (κ3) is 6.91. The van der Waals surface area contributed by atoms with E-state index < -0.39 is 0 Å². The minimum atomic E-state index is 0.167. The summed E-state index contributed by atoms with van der Waals surface area (Å²) in [7, 11) is 2.11. The Labute approximate surface area is 216 Å². The lowest BCUT2D eigenvalue weighted by molar-refractivity contribution is 0.0547. The van der Waals surface area contributed by atoms with E-state index in [0.29, 0.717) is 50.4 Å². The normalized spacial score (nSPS) is 15.7. The van der Waals surface area contributed by atoms with Crippen molar-refractivity contribution < 1.29 is 9.47 Å². The highest BCUT2D eigenvalue weighted by Crippen LogP contribution is 2.39. The molecule has 3 N–H and O–H groups in total. The van der Waals surface area contributed by atoms with Gasteiger partial charge in [0.05, 0.1) is 44.5 Å². The fourth-order valence-corrected chi connectivity index (χ4v) is 4.86. The average molecular weight is 516 g/mol. The number of nitrogens with zero attached hydrogens (tertiary/aromatic N) is 3. The summed E-state index contributed by atoms with van der Waals surface area (Å²) in [5.41, 5.74) is 10.7. The van der Waals surface area contributed by atoms with E-state index in [4.69, 9.17) is 43.4 Å². The second-order valence-corrected chi connectivity index (χ2v) is 9.40. The molecule has 0 bridgehead atoms. The molecule has 0 saturated heterocycles. The van der Waals surface area contributed by atoms with Gasteiger partial charge in [-0.25, -0.2) is 4.98 Å². The Hall–Kier alpha value is -2.26. The quantitative estimate of drug-likeness (QED) is 0.365. The van der Waals surface area contributed by atoms with E-state index in [1.807, 2.05) is 12.1 Å². The lowest BCUT2D eigenvalue weighted by Gasteiger charge is -2.33. The van der Waals surface area contributed by atoms with Crippen molar-refractivity contribution in [3.8, 4) is 11.3 Å². The van der Waals surface area contributed by atoms with Gasteiger partial charge in [-0.3, -0.25) is 4.98 Å². The Morgan fingerprint density at radius 1 is 1.09 bits per heavy atom. The number of ether oxygens (including phenoxy) is 2. The van der Waals surface area contributed by atoms with Gasteiger partial charge in [-0.2, -0.15) is 0 Å². The van der Waals surface area contributed by atoms with Crippen LogP contribution in [0.25, 0.3) is 11.3 Å². The second-order valence-electron chi connectivity index (χ2n) is 8.56. The summed E-state index contributed by atoms with van der Waals surface area (Å²) in [6, 6.07) is 12.3. The summed E-state index contributed by atoms with van der Waals surface area (Å²) in [6.07, 6.45) is 3.50. The Balaban J connectivity index is 1.45. The Bertz CT molecular complexity index is 1130. The number of halogens is 2. The number of hydrogen-bond acceptors (Lipinski definition) is 7. The molecule has 1 atom stereocenters. The van der Waals surface area contributed by atoms with Crippen molar-refractivity contribution in [2.24, 2.45) is 5.73 Å². The van der Waals surface area contributed by atoms with Gasteiger partial charge in [0.2, 0.25) is 0 Å². The van der Waals surface area contributed by atoms with E-state index in [1.165, 1.54) is 11.1 Å². The van der Waals surface area contributed by atoms with Gasteiger partial charge < -0.3 is 25.4 Å². The molecule has 0 spiro atoms. The molecule has 0 fully saturated rings. The van der Waals surface area contributed by atoms with Crippen molar-refractivity contribution in [1.29, 1.82) is 0 Å². The van der Waals surface area contributed by atoms with Crippen LogP contribution in [0.1, 0.15) is 22.6 Å². The van der Waals surface area contributed by atoms with Crippen LogP contribution in [0.15, 0.2) is 48.8 Å². The minimum absolute atomic E-state index is 0.167. The monoisotopic (exact) mass is 515 g/mol. The average Bonchev–Trinajstić information content (AvgIpc) is 2.86. The number of benzene rings is 2. The number of nitrogens with two attached hydrogens (primary N) is 1. The molecule has 7 nitrogen and oxygen atoms in total. The van der Waals surface area contributed by atoms with Gasteiger partial charge in [-0.05, 0) is 41.9 Å². The second kappa shape index (κ2) is 12.6. The van der Waals surface area contributed by atoms with Gasteiger partial charge in [0.1, 0.15) is 5.82 Å². The van der Waals surface area contributed by atoms with Crippen molar-refractivity contribution in [3.63, 3.8) is 0 Å². The molecule has 186 valence electrons. The first-order valence-corrected chi connectivity index (χ1v) is 12.5. The van der Waals surface area contributed by atoms with Crippen LogP contribution in [0.4, 0.5) is 5.82 Å².